The van der Waals surface area contributed by atoms with Gasteiger partial charge in [-0.1, -0.05) is 26.0 Å². The molecule has 0 aromatic heterocycles. The summed E-state index contributed by atoms with van der Waals surface area (Å²) in [7, 11) is 4.57. The van der Waals surface area contributed by atoms with Crippen molar-refractivity contribution in [2.75, 3.05) is 26.6 Å². The van der Waals surface area contributed by atoms with E-state index < -0.39 is 0 Å². The number of nitrogens with one attached hydrogen (secondary N) is 1. The van der Waals surface area contributed by atoms with Crippen LogP contribution in [0.15, 0.2) is 36.4 Å². The Morgan fingerprint density at radius 3 is 2.00 bits per heavy atom. The summed E-state index contributed by atoms with van der Waals surface area (Å²) in [5.41, 5.74) is 2.43. The smallest absolute Gasteiger partial charge is 0.255 e. The van der Waals surface area contributed by atoms with Gasteiger partial charge in [0.05, 0.1) is 21.3 Å². The molecule has 2 rings (SSSR count). The molecule has 5 nitrogen and oxygen atoms in total. The molecule has 0 bridgehead atoms. The summed E-state index contributed by atoms with van der Waals surface area (Å²) in [5, 5.41) is 2.89. The van der Waals surface area contributed by atoms with E-state index in [0.717, 1.165) is 12.1 Å². The van der Waals surface area contributed by atoms with Crippen molar-refractivity contribution in [3.63, 3.8) is 0 Å². The van der Waals surface area contributed by atoms with Crippen molar-refractivity contribution in [2.45, 2.75) is 26.2 Å². The minimum Gasteiger partial charge on any atom is -0.493 e. The monoisotopic (exact) mass is 343 g/mol. The molecule has 1 amide bonds. The van der Waals surface area contributed by atoms with Gasteiger partial charge in [-0.25, -0.2) is 0 Å². The number of ether oxygens (including phenoxy) is 3. The minimum absolute atomic E-state index is 0.240. The van der Waals surface area contributed by atoms with E-state index in [0.29, 0.717) is 28.7 Å². The topological polar surface area (TPSA) is 56.8 Å². The molecule has 2 aromatic rings. The van der Waals surface area contributed by atoms with Gasteiger partial charge < -0.3 is 19.5 Å². The number of carbonyl (C=O) groups excluding carboxylic acids is 1. The van der Waals surface area contributed by atoms with Gasteiger partial charge in [-0.15, -0.1) is 0 Å². The fourth-order valence-electron chi connectivity index (χ4n) is 2.55. The molecule has 0 aliphatic carbocycles. The molecule has 1 N–H and O–H groups in total. The Morgan fingerprint density at radius 1 is 1.00 bits per heavy atom. The van der Waals surface area contributed by atoms with Crippen LogP contribution in [0.4, 0.5) is 5.69 Å². The van der Waals surface area contributed by atoms with Gasteiger partial charge in [0.15, 0.2) is 11.5 Å². The van der Waals surface area contributed by atoms with E-state index in [1.165, 1.54) is 26.9 Å². The SMILES string of the molecule is CCC(C)c1ccc(NC(=O)c2cc(OC)c(OC)c(OC)c2)cc1. The lowest BCUT2D eigenvalue weighted by Crippen LogP contribution is -2.12. The maximum absolute atomic E-state index is 12.6. The molecule has 0 heterocycles. The van der Waals surface area contributed by atoms with E-state index in [-0.39, 0.29) is 5.91 Å². The van der Waals surface area contributed by atoms with Crippen LogP contribution in [0.3, 0.4) is 0 Å². The van der Waals surface area contributed by atoms with Crippen molar-refractivity contribution in [1.29, 1.82) is 0 Å². The van der Waals surface area contributed by atoms with Gasteiger partial charge in [-0.2, -0.15) is 0 Å². The molecular formula is C20H25NO4. The van der Waals surface area contributed by atoms with Crippen molar-refractivity contribution in [3.05, 3.63) is 47.5 Å². The molecule has 1 atom stereocenters. The zero-order chi connectivity index (χ0) is 18.4. The molecule has 25 heavy (non-hydrogen) atoms. The molecule has 1 unspecified atom stereocenters. The van der Waals surface area contributed by atoms with Gasteiger partial charge in [0, 0.05) is 11.3 Å². The highest BCUT2D eigenvalue weighted by Crippen LogP contribution is 2.38. The number of hydrogen-bond acceptors (Lipinski definition) is 4. The third kappa shape index (κ3) is 4.24. The number of carbonyl (C=O) groups is 1. The number of amides is 1. The van der Waals surface area contributed by atoms with Crippen LogP contribution in [-0.2, 0) is 0 Å². The Balaban J connectivity index is 2.23. The fraction of sp³-hybridized carbons (Fsp3) is 0.350. The van der Waals surface area contributed by atoms with Gasteiger partial charge in [0.25, 0.3) is 5.91 Å². The highest BCUT2D eigenvalue weighted by molar-refractivity contribution is 6.05. The summed E-state index contributed by atoms with van der Waals surface area (Å²) < 4.78 is 15.9. The van der Waals surface area contributed by atoms with Crippen molar-refractivity contribution >= 4 is 11.6 Å². The Hall–Kier alpha value is -2.69. The number of anilines is 1. The minimum atomic E-state index is -0.240. The lowest BCUT2D eigenvalue weighted by atomic mass is 9.98. The van der Waals surface area contributed by atoms with Crippen LogP contribution in [0, 0.1) is 0 Å². The first-order chi connectivity index (χ1) is 12.0. The van der Waals surface area contributed by atoms with Crippen molar-refractivity contribution < 1.29 is 19.0 Å². The first-order valence-electron chi connectivity index (χ1n) is 8.25. The molecule has 0 saturated carbocycles. The Morgan fingerprint density at radius 2 is 1.56 bits per heavy atom. The number of methoxy groups -OCH3 is 3. The van der Waals surface area contributed by atoms with E-state index in [1.807, 2.05) is 24.3 Å². The Bertz CT molecular complexity index is 700. The van der Waals surface area contributed by atoms with E-state index >= 15 is 0 Å². The quantitative estimate of drug-likeness (QED) is 0.805. The van der Waals surface area contributed by atoms with Crippen LogP contribution >= 0.6 is 0 Å². The second-order valence-corrected chi connectivity index (χ2v) is 5.80. The molecule has 0 radical (unpaired) electrons. The Kier molecular flexibility index (Phi) is 6.28. The standard InChI is InChI=1S/C20H25NO4/c1-6-13(2)14-7-9-16(10-8-14)21-20(22)15-11-17(23-3)19(25-5)18(12-15)24-4/h7-13H,6H2,1-5H3,(H,21,22). The maximum atomic E-state index is 12.6. The van der Waals surface area contributed by atoms with E-state index in [9.17, 15) is 4.79 Å². The average molecular weight is 343 g/mol. The molecule has 2 aromatic carbocycles. The van der Waals surface area contributed by atoms with Crippen LogP contribution in [0.2, 0.25) is 0 Å². The van der Waals surface area contributed by atoms with Crippen molar-refractivity contribution in [3.8, 4) is 17.2 Å². The number of benzene rings is 2. The third-order valence-electron chi connectivity index (χ3n) is 4.28. The van der Waals surface area contributed by atoms with Crippen molar-refractivity contribution in [2.24, 2.45) is 0 Å². The normalized spacial score (nSPS) is 11.6. The first-order valence-corrected chi connectivity index (χ1v) is 8.25. The van der Waals surface area contributed by atoms with Crippen LogP contribution in [0.25, 0.3) is 0 Å². The third-order valence-corrected chi connectivity index (χ3v) is 4.28. The molecule has 0 saturated heterocycles. The maximum Gasteiger partial charge on any atom is 0.255 e. The second kappa shape index (κ2) is 8.42. The van der Waals surface area contributed by atoms with Gasteiger partial charge in [0.2, 0.25) is 5.75 Å². The summed E-state index contributed by atoms with van der Waals surface area (Å²) in [6.45, 7) is 4.34. The summed E-state index contributed by atoms with van der Waals surface area (Å²) >= 11 is 0. The highest BCUT2D eigenvalue weighted by Gasteiger charge is 2.17. The lowest BCUT2D eigenvalue weighted by molar-refractivity contribution is 0.102. The molecule has 0 aliphatic heterocycles. The van der Waals surface area contributed by atoms with Crippen LogP contribution in [0.1, 0.15) is 42.1 Å². The summed E-state index contributed by atoms with van der Waals surface area (Å²) in [4.78, 5) is 12.6. The van der Waals surface area contributed by atoms with Crippen LogP contribution < -0.4 is 19.5 Å². The molecular weight excluding hydrogens is 318 g/mol. The lowest BCUT2D eigenvalue weighted by Gasteiger charge is -2.14. The number of hydrogen-bond donors (Lipinski definition) is 1. The van der Waals surface area contributed by atoms with E-state index in [1.54, 1.807) is 12.1 Å². The predicted octanol–water partition coefficient (Wildman–Crippen LogP) is 4.48. The zero-order valence-electron chi connectivity index (χ0n) is 15.4. The summed E-state index contributed by atoms with van der Waals surface area (Å²) in [5.74, 6) is 1.60. The van der Waals surface area contributed by atoms with Crippen LogP contribution in [0.5, 0.6) is 17.2 Å². The van der Waals surface area contributed by atoms with Gasteiger partial charge in [-0.05, 0) is 42.2 Å². The van der Waals surface area contributed by atoms with Gasteiger partial charge in [-0.3, -0.25) is 4.79 Å². The predicted molar refractivity (Wildman–Crippen MR) is 99.2 cm³/mol. The molecule has 0 spiro atoms. The highest BCUT2D eigenvalue weighted by atomic mass is 16.5. The summed E-state index contributed by atoms with van der Waals surface area (Å²) in [6, 6.07) is 11.2. The number of rotatable bonds is 7. The summed E-state index contributed by atoms with van der Waals surface area (Å²) in [6.07, 6.45) is 1.08. The van der Waals surface area contributed by atoms with Gasteiger partial charge in [0.1, 0.15) is 0 Å². The molecule has 0 aliphatic rings. The second-order valence-electron chi connectivity index (χ2n) is 5.80. The largest absolute Gasteiger partial charge is 0.493 e. The molecule has 0 fully saturated rings. The van der Waals surface area contributed by atoms with Gasteiger partial charge >= 0.3 is 0 Å². The Labute approximate surface area is 148 Å². The van der Waals surface area contributed by atoms with Crippen molar-refractivity contribution in [1.82, 2.24) is 0 Å². The first kappa shape index (κ1) is 18.6. The fourth-order valence-corrected chi connectivity index (χ4v) is 2.55. The average Bonchev–Trinajstić information content (AvgIpc) is 2.66. The van der Waals surface area contributed by atoms with Crippen LogP contribution in [-0.4, -0.2) is 27.2 Å². The molecule has 134 valence electrons. The van der Waals surface area contributed by atoms with E-state index in [4.69, 9.17) is 14.2 Å². The van der Waals surface area contributed by atoms with E-state index in [2.05, 4.69) is 19.2 Å². The molecule has 5 heteroatoms. The zero-order valence-corrected chi connectivity index (χ0v) is 15.4.